The molecule has 0 unspecified atom stereocenters. The zero-order valence-electron chi connectivity index (χ0n) is 18.2. The van der Waals surface area contributed by atoms with Gasteiger partial charge in [0.05, 0.1) is 0 Å². The number of aliphatic carboxylic acids is 1. The van der Waals surface area contributed by atoms with Crippen molar-refractivity contribution in [2.75, 3.05) is 0 Å². The molecule has 0 saturated carbocycles. The molecule has 0 fully saturated rings. The van der Waals surface area contributed by atoms with E-state index >= 15 is 0 Å². The summed E-state index contributed by atoms with van der Waals surface area (Å²) in [6.45, 7) is 2.28. The average Bonchev–Trinajstić information content (AvgIpc) is 2.60. The first-order valence-corrected chi connectivity index (χ1v) is 11.5. The first kappa shape index (κ1) is 28.7. The van der Waals surface area contributed by atoms with Crippen molar-refractivity contribution >= 4 is 5.97 Å². The molecule has 0 aliphatic carbocycles. The Morgan fingerprint density at radius 1 is 0.500 bits per heavy atom. The van der Waals surface area contributed by atoms with Gasteiger partial charge in [0.2, 0.25) is 0 Å². The van der Waals surface area contributed by atoms with Gasteiger partial charge in [0, 0.05) is 5.97 Å². The van der Waals surface area contributed by atoms with Gasteiger partial charge in [-0.15, -0.1) is 0 Å². The SMILES string of the molecule is CCCCCCCCCCCCCCCCCCCCCCC(=O)[O-].[Na+]. The van der Waals surface area contributed by atoms with Gasteiger partial charge in [-0.1, -0.05) is 129 Å². The Labute approximate surface area is 186 Å². The molecule has 0 saturated heterocycles. The second kappa shape index (κ2) is 25.5. The summed E-state index contributed by atoms with van der Waals surface area (Å²) in [6, 6.07) is 0. The van der Waals surface area contributed by atoms with Gasteiger partial charge in [0.15, 0.2) is 0 Å². The fourth-order valence-electron chi connectivity index (χ4n) is 3.52. The van der Waals surface area contributed by atoms with Crippen molar-refractivity contribution in [3.63, 3.8) is 0 Å². The van der Waals surface area contributed by atoms with Gasteiger partial charge in [0.1, 0.15) is 0 Å². The van der Waals surface area contributed by atoms with Crippen LogP contribution < -0.4 is 34.7 Å². The number of carbonyl (C=O) groups is 1. The predicted octanol–water partition coefficient (Wildman–Crippen LogP) is 3.95. The van der Waals surface area contributed by atoms with Gasteiger partial charge in [-0.25, -0.2) is 0 Å². The Morgan fingerprint density at radius 3 is 0.962 bits per heavy atom. The number of carboxylic acid groups (broad SMARTS) is 1. The van der Waals surface area contributed by atoms with Crippen molar-refractivity contribution in [1.82, 2.24) is 0 Å². The molecule has 0 aliphatic heterocycles. The maximum atomic E-state index is 10.3. The number of unbranched alkanes of at least 4 members (excludes halogenated alkanes) is 19. The monoisotopic (exact) mass is 376 g/mol. The van der Waals surface area contributed by atoms with Crippen LogP contribution in [0, 0.1) is 0 Å². The summed E-state index contributed by atoms with van der Waals surface area (Å²) in [5.41, 5.74) is 0. The second-order valence-corrected chi connectivity index (χ2v) is 7.84. The molecule has 150 valence electrons. The summed E-state index contributed by atoms with van der Waals surface area (Å²) in [4.78, 5) is 10.3. The van der Waals surface area contributed by atoms with E-state index in [2.05, 4.69) is 6.92 Å². The third-order valence-electron chi connectivity index (χ3n) is 5.23. The first-order chi connectivity index (χ1) is 12.3. The second-order valence-electron chi connectivity index (χ2n) is 7.84. The van der Waals surface area contributed by atoms with E-state index in [9.17, 15) is 9.90 Å². The van der Waals surface area contributed by atoms with Crippen LogP contribution in [0.2, 0.25) is 0 Å². The van der Waals surface area contributed by atoms with E-state index in [0.29, 0.717) is 0 Å². The third-order valence-corrected chi connectivity index (χ3v) is 5.23. The van der Waals surface area contributed by atoms with E-state index in [-0.39, 0.29) is 36.0 Å². The fraction of sp³-hybridized carbons (Fsp3) is 0.957. The molecule has 0 rings (SSSR count). The van der Waals surface area contributed by atoms with Crippen molar-refractivity contribution in [2.45, 2.75) is 142 Å². The molecular weight excluding hydrogens is 331 g/mol. The molecule has 0 spiro atoms. The van der Waals surface area contributed by atoms with Crippen molar-refractivity contribution in [3.05, 3.63) is 0 Å². The number of carbonyl (C=O) groups excluding carboxylic acids is 1. The molecular formula is C23H45NaO2. The number of rotatable bonds is 21. The Balaban J connectivity index is 0. The summed E-state index contributed by atoms with van der Waals surface area (Å²) in [6.07, 6.45) is 27.2. The van der Waals surface area contributed by atoms with E-state index in [1.807, 2.05) is 0 Å². The summed E-state index contributed by atoms with van der Waals surface area (Å²) >= 11 is 0. The van der Waals surface area contributed by atoms with Crippen LogP contribution in [0.5, 0.6) is 0 Å². The van der Waals surface area contributed by atoms with Crippen molar-refractivity contribution in [1.29, 1.82) is 0 Å². The largest absolute Gasteiger partial charge is 1.00 e. The molecule has 0 aromatic heterocycles. The Hall–Kier alpha value is 0.470. The molecule has 3 heteroatoms. The average molecular weight is 377 g/mol. The molecule has 0 aromatic rings. The van der Waals surface area contributed by atoms with Crippen LogP contribution >= 0.6 is 0 Å². The van der Waals surface area contributed by atoms with Gasteiger partial charge in [-0.3, -0.25) is 0 Å². The Bertz CT molecular complexity index is 269. The minimum atomic E-state index is -0.901. The van der Waals surface area contributed by atoms with Gasteiger partial charge in [-0.05, 0) is 12.8 Å². The van der Waals surface area contributed by atoms with E-state index in [0.717, 1.165) is 12.8 Å². The minimum Gasteiger partial charge on any atom is -0.550 e. The molecule has 0 heterocycles. The van der Waals surface area contributed by atoms with Crippen LogP contribution in [0.25, 0.3) is 0 Å². The van der Waals surface area contributed by atoms with Crippen LogP contribution in [-0.2, 0) is 4.79 Å². The minimum absolute atomic E-state index is 0. The number of hydrogen-bond acceptors (Lipinski definition) is 2. The van der Waals surface area contributed by atoms with E-state index in [1.165, 1.54) is 116 Å². The molecule has 0 atom stereocenters. The van der Waals surface area contributed by atoms with Crippen LogP contribution in [0.3, 0.4) is 0 Å². The smallest absolute Gasteiger partial charge is 0.550 e. The van der Waals surface area contributed by atoms with Crippen LogP contribution in [-0.4, -0.2) is 5.97 Å². The fourth-order valence-corrected chi connectivity index (χ4v) is 3.52. The van der Waals surface area contributed by atoms with Crippen LogP contribution in [0.1, 0.15) is 142 Å². The molecule has 26 heavy (non-hydrogen) atoms. The Morgan fingerprint density at radius 2 is 0.731 bits per heavy atom. The molecule has 0 amide bonds. The van der Waals surface area contributed by atoms with Crippen LogP contribution in [0.15, 0.2) is 0 Å². The molecule has 0 radical (unpaired) electrons. The predicted molar refractivity (Wildman–Crippen MR) is 108 cm³/mol. The van der Waals surface area contributed by atoms with Crippen LogP contribution in [0.4, 0.5) is 0 Å². The topological polar surface area (TPSA) is 40.1 Å². The summed E-state index contributed by atoms with van der Waals surface area (Å²) in [5.74, 6) is -0.901. The summed E-state index contributed by atoms with van der Waals surface area (Å²) in [5, 5.41) is 10.3. The normalized spacial score (nSPS) is 10.7. The van der Waals surface area contributed by atoms with Gasteiger partial charge in [0.25, 0.3) is 0 Å². The maximum absolute atomic E-state index is 10.3. The number of carboxylic acids is 1. The van der Waals surface area contributed by atoms with Gasteiger partial charge >= 0.3 is 29.6 Å². The molecule has 0 aromatic carbocycles. The van der Waals surface area contributed by atoms with Crippen molar-refractivity contribution in [2.24, 2.45) is 0 Å². The van der Waals surface area contributed by atoms with E-state index < -0.39 is 5.97 Å². The van der Waals surface area contributed by atoms with Crippen molar-refractivity contribution in [3.8, 4) is 0 Å². The van der Waals surface area contributed by atoms with E-state index in [1.54, 1.807) is 0 Å². The quantitative estimate of drug-likeness (QED) is 0.225. The number of hydrogen-bond donors (Lipinski definition) is 0. The molecule has 0 aliphatic rings. The third kappa shape index (κ3) is 26.7. The zero-order chi connectivity index (χ0) is 18.4. The first-order valence-electron chi connectivity index (χ1n) is 11.5. The van der Waals surface area contributed by atoms with Crippen molar-refractivity contribution < 1.29 is 39.5 Å². The van der Waals surface area contributed by atoms with E-state index in [4.69, 9.17) is 0 Å². The molecule has 2 nitrogen and oxygen atoms in total. The van der Waals surface area contributed by atoms with Gasteiger partial charge in [-0.2, -0.15) is 0 Å². The zero-order valence-corrected chi connectivity index (χ0v) is 20.2. The summed E-state index contributed by atoms with van der Waals surface area (Å²) < 4.78 is 0. The summed E-state index contributed by atoms with van der Waals surface area (Å²) in [7, 11) is 0. The molecule has 0 bridgehead atoms. The maximum Gasteiger partial charge on any atom is 1.00 e. The molecule has 0 N–H and O–H groups in total. The van der Waals surface area contributed by atoms with Gasteiger partial charge < -0.3 is 9.90 Å². The Kier molecular flexibility index (Phi) is 28.1. The standard InChI is InChI=1S/C23H46O2.Na/c1-2-3-4-5-6-7-8-9-10-11-12-13-14-15-16-17-18-19-20-21-22-23(24)25;/h2-22H2,1H3,(H,24,25);/q;+1/p-1.